The second-order valence-corrected chi connectivity index (χ2v) is 3.31. The van der Waals surface area contributed by atoms with Gasteiger partial charge in [-0.05, 0) is 12.1 Å². The minimum Gasteiger partial charge on any atom is -0.409 e. The van der Waals surface area contributed by atoms with Crippen molar-refractivity contribution in [1.29, 1.82) is 0 Å². The van der Waals surface area contributed by atoms with Gasteiger partial charge in [0.1, 0.15) is 5.84 Å². The first-order chi connectivity index (χ1) is 8.42. The van der Waals surface area contributed by atoms with Crippen molar-refractivity contribution in [3.8, 4) is 5.75 Å². The highest BCUT2D eigenvalue weighted by molar-refractivity contribution is 5.80. The molecule has 1 aromatic carbocycles. The fourth-order valence-electron chi connectivity index (χ4n) is 1.20. The molecule has 0 atom stereocenters. The van der Waals surface area contributed by atoms with Crippen LogP contribution < -0.4 is 15.8 Å². The number of nitrogens with zero attached hydrogens (tertiary/aromatic N) is 1. The lowest BCUT2D eigenvalue weighted by Gasteiger charge is -2.14. The Morgan fingerprint density at radius 1 is 1.39 bits per heavy atom. The Kier molecular flexibility index (Phi) is 4.64. The van der Waals surface area contributed by atoms with E-state index >= 15 is 0 Å². The summed E-state index contributed by atoms with van der Waals surface area (Å²) in [7, 11) is 0. The second kappa shape index (κ2) is 5.99. The number of ether oxygens (including phenoxy) is 1. The van der Waals surface area contributed by atoms with Crippen LogP contribution in [0.25, 0.3) is 0 Å². The lowest BCUT2D eigenvalue weighted by molar-refractivity contribution is -0.274. The zero-order valence-electron chi connectivity index (χ0n) is 9.24. The van der Waals surface area contributed by atoms with Crippen molar-refractivity contribution in [1.82, 2.24) is 0 Å². The van der Waals surface area contributed by atoms with Crippen LogP contribution in [-0.2, 0) is 0 Å². The number of alkyl halides is 3. The van der Waals surface area contributed by atoms with Crippen molar-refractivity contribution >= 4 is 11.5 Å². The zero-order chi connectivity index (χ0) is 13.6. The number of para-hydroxylation sites is 2. The molecule has 0 fully saturated rings. The fourth-order valence-corrected chi connectivity index (χ4v) is 1.20. The van der Waals surface area contributed by atoms with E-state index in [4.69, 9.17) is 10.9 Å². The number of nitrogens with two attached hydrogens (primary N) is 1. The highest BCUT2D eigenvalue weighted by atomic mass is 19.4. The second-order valence-electron chi connectivity index (χ2n) is 3.31. The number of anilines is 1. The standard InChI is InChI=1S/C10H12F3N3O2/c11-10(12,13)18-8-4-2-1-3-7(8)15-6-5-9(14)16-17/h1-4,15,17H,5-6H2,(H2,14,16). The van der Waals surface area contributed by atoms with Gasteiger partial charge < -0.3 is 21.0 Å². The Bertz CT molecular complexity index is 421. The van der Waals surface area contributed by atoms with Crippen LogP contribution in [0.3, 0.4) is 0 Å². The van der Waals surface area contributed by atoms with Gasteiger partial charge in [-0.3, -0.25) is 0 Å². The van der Waals surface area contributed by atoms with Crippen molar-refractivity contribution in [2.45, 2.75) is 12.8 Å². The topological polar surface area (TPSA) is 79.9 Å². The number of rotatable bonds is 5. The van der Waals surface area contributed by atoms with Gasteiger partial charge in [0.25, 0.3) is 0 Å². The average molecular weight is 263 g/mol. The molecule has 0 radical (unpaired) electrons. The van der Waals surface area contributed by atoms with E-state index in [1.54, 1.807) is 6.07 Å². The molecule has 0 aliphatic carbocycles. The first-order valence-electron chi connectivity index (χ1n) is 4.97. The van der Waals surface area contributed by atoms with E-state index in [9.17, 15) is 13.2 Å². The van der Waals surface area contributed by atoms with Gasteiger partial charge >= 0.3 is 6.36 Å². The molecule has 18 heavy (non-hydrogen) atoms. The number of hydrogen-bond donors (Lipinski definition) is 3. The first-order valence-corrected chi connectivity index (χ1v) is 4.97. The van der Waals surface area contributed by atoms with Gasteiger partial charge in [0.2, 0.25) is 0 Å². The average Bonchev–Trinajstić information content (AvgIpc) is 2.29. The Balaban J connectivity index is 2.65. The maximum absolute atomic E-state index is 12.1. The van der Waals surface area contributed by atoms with Gasteiger partial charge in [-0.2, -0.15) is 0 Å². The van der Waals surface area contributed by atoms with E-state index in [0.717, 1.165) is 0 Å². The molecular formula is C10H12F3N3O2. The third kappa shape index (κ3) is 4.81. The van der Waals surface area contributed by atoms with Crippen molar-refractivity contribution < 1.29 is 23.1 Å². The summed E-state index contributed by atoms with van der Waals surface area (Å²) in [5.74, 6) is -0.346. The Morgan fingerprint density at radius 3 is 2.67 bits per heavy atom. The number of amidine groups is 1. The van der Waals surface area contributed by atoms with E-state index < -0.39 is 6.36 Å². The van der Waals surface area contributed by atoms with Gasteiger partial charge in [0.05, 0.1) is 5.69 Å². The summed E-state index contributed by atoms with van der Waals surface area (Å²) in [4.78, 5) is 0. The summed E-state index contributed by atoms with van der Waals surface area (Å²) >= 11 is 0. The highest BCUT2D eigenvalue weighted by Crippen LogP contribution is 2.29. The fraction of sp³-hybridized carbons (Fsp3) is 0.300. The van der Waals surface area contributed by atoms with Crippen LogP contribution in [0.2, 0.25) is 0 Å². The molecule has 1 aromatic rings. The van der Waals surface area contributed by atoms with Gasteiger partial charge in [-0.1, -0.05) is 17.3 Å². The molecule has 8 heteroatoms. The molecule has 1 rings (SSSR count). The molecule has 0 unspecified atom stereocenters. The van der Waals surface area contributed by atoms with E-state index in [1.807, 2.05) is 0 Å². The van der Waals surface area contributed by atoms with E-state index in [2.05, 4.69) is 15.2 Å². The van der Waals surface area contributed by atoms with Crippen molar-refractivity contribution in [3.63, 3.8) is 0 Å². The maximum atomic E-state index is 12.1. The van der Waals surface area contributed by atoms with Crippen molar-refractivity contribution in [2.75, 3.05) is 11.9 Å². The molecule has 0 heterocycles. The van der Waals surface area contributed by atoms with Gasteiger partial charge in [-0.25, -0.2) is 0 Å². The van der Waals surface area contributed by atoms with Crippen LogP contribution in [0.4, 0.5) is 18.9 Å². The quantitative estimate of drug-likeness (QED) is 0.329. The Labute approximate surface area is 101 Å². The smallest absolute Gasteiger partial charge is 0.409 e. The molecule has 0 bridgehead atoms. The van der Waals surface area contributed by atoms with Crippen LogP contribution >= 0.6 is 0 Å². The van der Waals surface area contributed by atoms with Gasteiger partial charge in [0.15, 0.2) is 5.75 Å². The monoisotopic (exact) mass is 263 g/mol. The van der Waals surface area contributed by atoms with Gasteiger partial charge in [-0.15, -0.1) is 13.2 Å². The zero-order valence-corrected chi connectivity index (χ0v) is 9.24. The molecular weight excluding hydrogens is 251 g/mol. The predicted molar refractivity (Wildman–Crippen MR) is 59.6 cm³/mol. The SMILES string of the molecule is NC(CCNc1ccccc1OC(F)(F)F)=NO. The van der Waals surface area contributed by atoms with Crippen molar-refractivity contribution in [3.05, 3.63) is 24.3 Å². The summed E-state index contributed by atoms with van der Waals surface area (Å²) in [5, 5.41) is 13.7. The molecule has 0 spiro atoms. The van der Waals surface area contributed by atoms with Crippen LogP contribution in [-0.4, -0.2) is 23.9 Å². The normalized spacial score (nSPS) is 12.3. The highest BCUT2D eigenvalue weighted by Gasteiger charge is 2.31. The van der Waals surface area contributed by atoms with E-state index in [0.29, 0.717) is 0 Å². The summed E-state index contributed by atoms with van der Waals surface area (Å²) < 4.78 is 40.2. The van der Waals surface area contributed by atoms with Crippen LogP contribution in [0.5, 0.6) is 5.75 Å². The summed E-state index contributed by atoms with van der Waals surface area (Å²) in [5.41, 5.74) is 5.41. The number of halogens is 3. The third-order valence-corrected chi connectivity index (χ3v) is 1.94. The lowest BCUT2D eigenvalue weighted by Crippen LogP contribution is -2.19. The van der Waals surface area contributed by atoms with Crippen LogP contribution in [0.1, 0.15) is 6.42 Å². The van der Waals surface area contributed by atoms with Gasteiger partial charge in [0, 0.05) is 13.0 Å². The predicted octanol–water partition coefficient (Wildman–Crippen LogP) is 2.13. The number of benzene rings is 1. The minimum atomic E-state index is -4.75. The maximum Gasteiger partial charge on any atom is 0.573 e. The number of hydrogen-bond acceptors (Lipinski definition) is 4. The lowest BCUT2D eigenvalue weighted by atomic mass is 10.3. The molecule has 0 saturated heterocycles. The largest absolute Gasteiger partial charge is 0.573 e. The van der Waals surface area contributed by atoms with Crippen LogP contribution in [0, 0.1) is 0 Å². The summed E-state index contributed by atoms with van der Waals surface area (Å²) in [6.45, 7) is 0.216. The third-order valence-electron chi connectivity index (χ3n) is 1.94. The summed E-state index contributed by atoms with van der Waals surface area (Å²) in [6, 6.07) is 5.62. The molecule has 0 saturated carbocycles. The Morgan fingerprint density at radius 2 is 2.06 bits per heavy atom. The summed E-state index contributed by atoms with van der Waals surface area (Å²) in [6.07, 6.45) is -4.56. The number of nitrogens with one attached hydrogen (secondary N) is 1. The minimum absolute atomic E-state index is 0.0169. The molecule has 0 aromatic heterocycles. The van der Waals surface area contributed by atoms with Crippen molar-refractivity contribution in [2.24, 2.45) is 10.9 Å². The molecule has 5 nitrogen and oxygen atoms in total. The van der Waals surface area contributed by atoms with E-state index in [-0.39, 0.29) is 30.2 Å². The molecule has 0 aliphatic rings. The molecule has 0 amide bonds. The molecule has 0 aliphatic heterocycles. The van der Waals surface area contributed by atoms with E-state index in [1.165, 1.54) is 18.2 Å². The Hall–Kier alpha value is -2.12. The number of oxime groups is 1. The molecule has 4 N–H and O–H groups in total. The first kappa shape index (κ1) is 13.9. The van der Waals surface area contributed by atoms with Crippen LogP contribution in [0.15, 0.2) is 29.4 Å². The molecule has 100 valence electrons.